The molecule has 1 N–H and O–H groups in total. The summed E-state index contributed by atoms with van der Waals surface area (Å²) in [5, 5.41) is 3.27. The average molecular weight is 137 g/mol. The summed E-state index contributed by atoms with van der Waals surface area (Å²) in [6.45, 7) is 4.33. The second-order valence-corrected chi connectivity index (χ2v) is 3.15. The highest BCUT2D eigenvalue weighted by Gasteiger charge is 2.18. The first-order valence-corrected chi connectivity index (χ1v) is 3.71. The standard InChI is InChI=1S/C9H15N/c1-8-4-6-9(2,10-3)7-5-8/h4-6,10H,7H2,1-3H3/t9-/m0/s1. The summed E-state index contributed by atoms with van der Waals surface area (Å²) in [6.07, 6.45) is 7.75. The lowest BCUT2D eigenvalue weighted by atomic mass is 9.91. The van der Waals surface area contributed by atoms with Crippen LogP contribution in [0.5, 0.6) is 0 Å². The van der Waals surface area contributed by atoms with Crippen LogP contribution >= 0.6 is 0 Å². The molecule has 0 aromatic rings. The number of hydrogen-bond acceptors (Lipinski definition) is 1. The largest absolute Gasteiger partial charge is 0.311 e. The molecule has 0 aliphatic heterocycles. The van der Waals surface area contributed by atoms with Gasteiger partial charge in [-0.3, -0.25) is 0 Å². The van der Waals surface area contributed by atoms with E-state index < -0.39 is 0 Å². The van der Waals surface area contributed by atoms with Crippen molar-refractivity contribution in [3.05, 3.63) is 23.8 Å². The Morgan fingerprint density at radius 3 is 2.70 bits per heavy atom. The maximum Gasteiger partial charge on any atom is 0.0371 e. The predicted molar refractivity (Wildman–Crippen MR) is 45.0 cm³/mol. The summed E-state index contributed by atoms with van der Waals surface area (Å²) in [4.78, 5) is 0. The average Bonchev–Trinajstić information content (AvgIpc) is 1.96. The number of hydrogen-bond donors (Lipinski definition) is 1. The quantitative estimate of drug-likeness (QED) is 0.581. The summed E-state index contributed by atoms with van der Waals surface area (Å²) in [6, 6.07) is 0. The van der Waals surface area contributed by atoms with Crippen molar-refractivity contribution in [2.75, 3.05) is 7.05 Å². The molecule has 10 heavy (non-hydrogen) atoms. The molecule has 1 atom stereocenters. The van der Waals surface area contributed by atoms with Gasteiger partial charge in [-0.25, -0.2) is 0 Å². The van der Waals surface area contributed by atoms with Crippen LogP contribution in [-0.4, -0.2) is 12.6 Å². The van der Waals surface area contributed by atoms with Gasteiger partial charge in [0.25, 0.3) is 0 Å². The van der Waals surface area contributed by atoms with Crippen LogP contribution in [0.25, 0.3) is 0 Å². The van der Waals surface area contributed by atoms with Crippen LogP contribution in [0.15, 0.2) is 23.8 Å². The summed E-state index contributed by atoms with van der Waals surface area (Å²) in [5.41, 5.74) is 1.56. The van der Waals surface area contributed by atoms with Crippen molar-refractivity contribution >= 4 is 0 Å². The third-order valence-electron chi connectivity index (χ3n) is 2.13. The van der Waals surface area contributed by atoms with Crippen LogP contribution in [0.2, 0.25) is 0 Å². The Kier molecular flexibility index (Phi) is 1.95. The van der Waals surface area contributed by atoms with Crippen molar-refractivity contribution in [2.45, 2.75) is 25.8 Å². The summed E-state index contributed by atoms with van der Waals surface area (Å²) >= 11 is 0. The van der Waals surface area contributed by atoms with Gasteiger partial charge in [-0.1, -0.05) is 23.8 Å². The lowest BCUT2D eigenvalue weighted by molar-refractivity contribution is 0.479. The second kappa shape index (κ2) is 2.59. The third-order valence-corrected chi connectivity index (χ3v) is 2.13. The predicted octanol–water partition coefficient (Wildman–Crippen LogP) is 1.87. The Balaban J connectivity index is 2.67. The highest BCUT2D eigenvalue weighted by atomic mass is 14.9. The Hall–Kier alpha value is -0.560. The van der Waals surface area contributed by atoms with Gasteiger partial charge in [0.05, 0.1) is 0 Å². The number of allylic oxidation sites excluding steroid dienone is 2. The van der Waals surface area contributed by atoms with Crippen LogP contribution in [-0.2, 0) is 0 Å². The molecule has 0 aromatic heterocycles. The molecular formula is C9H15N. The van der Waals surface area contributed by atoms with Crippen LogP contribution < -0.4 is 5.32 Å². The van der Waals surface area contributed by atoms with Gasteiger partial charge < -0.3 is 5.32 Å². The van der Waals surface area contributed by atoms with Crippen molar-refractivity contribution in [1.82, 2.24) is 5.32 Å². The minimum Gasteiger partial charge on any atom is -0.311 e. The van der Waals surface area contributed by atoms with E-state index in [2.05, 4.69) is 37.4 Å². The number of likely N-dealkylation sites (N-methyl/N-ethyl adjacent to an activating group) is 1. The summed E-state index contributed by atoms with van der Waals surface area (Å²) < 4.78 is 0. The number of nitrogens with one attached hydrogen (secondary N) is 1. The van der Waals surface area contributed by atoms with Crippen LogP contribution in [0, 0.1) is 0 Å². The molecule has 56 valence electrons. The first-order chi connectivity index (χ1) is 4.66. The third kappa shape index (κ3) is 1.48. The molecule has 0 spiro atoms. The van der Waals surface area contributed by atoms with Crippen molar-refractivity contribution in [1.29, 1.82) is 0 Å². The van der Waals surface area contributed by atoms with Gasteiger partial charge in [-0.2, -0.15) is 0 Å². The van der Waals surface area contributed by atoms with Crippen LogP contribution in [0.1, 0.15) is 20.3 Å². The normalized spacial score (nSPS) is 32.1. The molecular weight excluding hydrogens is 122 g/mol. The zero-order valence-electron chi connectivity index (χ0n) is 6.94. The minimum absolute atomic E-state index is 0.194. The van der Waals surface area contributed by atoms with Crippen molar-refractivity contribution in [2.24, 2.45) is 0 Å². The van der Waals surface area contributed by atoms with Gasteiger partial charge in [0.2, 0.25) is 0 Å². The molecule has 1 heteroatoms. The highest BCUT2D eigenvalue weighted by molar-refractivity contribution is 5.26. The molecule has 1 nitrogen and oxygen atoms in total. The Morgan fingerprint density at radius 2 is 2.30 bits per heavy atom. The van der Waals surface area contributed by atoms with Gasteiger partial charge in [-0.15, -0.1) is 0 Å². The first-order valence-electron chi connectivity index (χ1n) is 3.71. The Morgan fingerprint density at radius 1 is 1.60 bits per heavy atom. The van der Waals surface area contributed by atoms with E-state index in [1.807, 2.05) is 7.05 Å². The summed E-state index contributed by atoms with van der Waals surface area (Å²) in [7, 11) is 2.00. The van der Waals surface area contributed by atoms with Gasteiger partial charge in [0.1, 0.15) is 0 Å². The molecule has 0 bridgehead atoms. The molecule has 0 saturated carbocycles. The molecule has 0 amide bonds. The molecule has 0 heterocycles. The SMILES string of the molecule is CN[C@@]1(C)C=CC(C)=CC1. The molecule has 0 aromatic carbocycles. The fourth-order valence-corrected chi connectivity index (χ4v) is 1.01. The Labute approximate surface area is 62.8 Å². The molecule has 0 saturated heterocycles. The minimum atomic E-state index is 0.194. The van der Waals surface area contributed by atoms with E-state index in [0.717, 1.165) is 6.42 Å². The topological polar surface area (TPSA) is 12.0 Å². The number of rotatable bonds is 1. The van der Waals surface area contributed by atoms with Crippen molar-refractivity contribution in [3.8, 4) is 0 Å². The zero-order chi connectivity index (χ0) is 7.61. The summed E-state index contributed by atoms with van der Waals surface area (Å²) in [5.74, 6) is 0. The van der Waals surface area contributed by atoms with Gasteiger partial charge in [0.15, 0.2) is 0 Å². The van der Waals surface area contributed by atoms with Gasteiger partial charge >= 0.3 is 0 Å². The fourth-order valence-electron chi connectivity index (χ4n) is 1.01. The van der Waals surface area contributed by atoms with Crippen molar-refractivity contribution in [3.63, 3.8) is 0 Å². The maximum absolute atomic E-state index is 3.27. The van der Waals surface area contributed by atoms with E-state index in [1.165, 1.54) is 5.57 Å². The van der Waals surface area contributed by atoms with Gasteiger partial charge in [0, 0.05) is 5.54 Å². The molecule has 1 aliphatic carbocycles. The second-order valence-electron chi connectivity index (χ2n) is 3.15. The van der Waals surface area contributed by atoms with Gasteiger partial charge in [-0.05, 0) is 27.3 Å². The first kappa shape index (κ1) is 7.55. The maximum atomic E-state index is 3.27. The molecule has 0 radical (unpaired) electrons. The highest BCUT2D eigenvalue weighted by Crippen LogP contribution is 2.19. The molecule has 1 aliphatic rings. The van der Waals surface area contributed by atoms with Crippen LogP contribution in [0.4, 0.5) is 0 Å². The zero-order valence-corrected chi connectivity index (χ0v) is 6.94. The molecule has 0 unspecified atom stereocenters. The van der Waals surface area contributed by atoms with Crippen molar-refractivity contribution < 1.29 is 0 Å². The smallest absolute Gasteiger partial charge is 0.0371 e. The Bertz CT molecular complexity index is 179. The van der Waals surface area contributed by atoms with E-state index in [1.54, 1.807) is 0 Å². The molecule has 1 rings (SSSR count). The van der Waals surface area contributed by atoms with E-state index in [0.29, 0.717) is 0 Å². The van der Waals surface area contributed by atoms with E-state index in [4.69, 9.17) is 0 Å². The monoisotopic (exact) mass is 137 g/mol. The molecule has 0 fully saturated rings. The van der Waals surface area contributed by atoms with Crippen LogP contribution in [0.3, 0.4) is 0 Å². The lowest BCUT2D eigenvalue weighted by Crippen LogP contribution is -2.37. The van der Waals surface area contributed by atoms with E-state index in [-0.39, 0.29) is 5.54 Å². The van der Waals surface area contributed by atoms with E-state index in [9.17, 15) is 0 Å². The fraction of sp³-hybridized carbons (Fsp3) is 0.556. The lowest BCUT2D eigenvalue weighted by Gasteiger charge is -2.26. The van der Waals surface area contributed by atoms with E-state index >= 15 is 0 Å².